The zero-order valence-corrected chi connectivity index (χ0v) is 11.1. The number of nitrogens with one attached hydrogen (secondary N) is 1. The molecule has 0 spiro atoms. The number of aliphatic hydroxyl groups excluding tert-OH is 1. The largest absolute Gasteiger partial charge is 0.387 e. The van der Waals surface area contributed by atoms with Crippen molar-refractivity contribution in [1.29, 1.82) is 0 Å². The van der Waals surface area contributed by atoms with E-state index in [1.165, 1.54) is 6.07 Å². The predicted octanol–water partition coefficient (Wildman–Crippen LogP) is 3.17. The zero-order valence-electron chi connectivity index (χ0n) is 11.1. The monoisotopic (exact) mass is 257 g/mol. The van der Waals surface area contributed by atoms with Crippen LogP contribution in [0.4, 0.5) is 8.78 Å². The summed E-state index contributed by atoms with van der Waals surface area (Å²) in [5.74, 6) is -1.42. The fourth-order valence-corrected chi connectivity index (χ4v) is 1.77. The summed E-state index contributed by atoms with van der Waals surface area (Å²) in [6.45, 7) is 6.23. The van der Waals surface area contributed by atoms with Crippen LogP contribution in [0.3, 0.4) is 0 Å². The van der Waals surface area contributed by atoms with Gasteiger partial charge in [0.1, 0.15) is 11.6 Å². The smallest absolute Gasteiger partial charge is 0.131 e. The second-order valence-corrected chi connectivity index (χ2v) is 4.80. The SMILES string of the molecule is CCC(C)(CC)NCC(O)c1c(F)cccc1F. The van der Waals surface area contributed by atoms with Gasteiger partial charge in [-0.1, -0.05) is 19.9 Å². The van der Waals surface area contributed by atoms with E-state index in [4.69, 9.17) is 0 Å². The number of aliphatic hydroxyl groups is 1. The summed E-state index contributed by atoms with van der Waals surface area (Å²) in [4.78, 5) is 0. The number of β-amino-alcohol motifs (C(OH)–C–C–N with tert-alkyl or cyclic N) is 1. The molecule has 0 amide bonds. The minimum absolute atomic E-state index is 0.122. The average molecular weight is 257 g/mol. The fraction of sp³-hybridized carbons (Fsp3) is 0.571. The highest BCUT2D eigenvalue weighted by atomic mass is 19.1. The molecule has 4 heteroatoms. The molecule has 1 aromatic rings. The quantitative estimate of drug-likeness (QED) is 0.820. The van der Waals surface area contributed by atoms with Gasteiger partial charge in [0.15, 0.2) is 0 Å². The summed E-state index contributed by atoms with van der Waals surface area (Å²) in [7, 11) is 0. The second-order valence-electron chi connectivity index (χ2n) is 4.80. The molecule has 0 aliphatic heterocycles. The summed E-state index contributed by atoms with van der Waals surface area (Å²) >= 11 is 0. The molecule has 18 heavy (non-hydrogen) atoms. The molecule has 0 aromatic heterocycles. The van der Waals surface area contributed by atoms with E-state index in [-0.39, 0.29) is 17.6 Å². The molecule has 0 saturated carbocycles. The molecule has 0 heterocycles. The maximum atomic E-state index is 13.5. The Balaban J connectivity index is 2.74. The molecule has 0 radical (unpaired) electrons. The molecule has 0 fully saturated rings. The van der Waals surface area contributed by atoms with Crippen molar-refractivity contribution in [3.8, 4) is 0 Å². The highest BCUT2D eigenvalue weighted by Gasteiger charge is 2.23. The van der Waals surface area contributed by atoms with Gasteiger partial charge in [0.05, 0.1) is 11.7 Å². The van der Waals surface area contributed by atoms with Gasteiger partial charge in [-0.05, 0) is 31.9 Å². The molecule has 1 atom stereocenters. The van der Waals surface area contributed by atoms with E-state index in [0.29, 0.717) is 0 Å². The molecule has 1 aromatic carbocycles. The Morgan fingerprint density at radius 2 is 1.72 bits per heavy atom. The Morgan fingerprint density at radius 1 is 1.22 bits per heavy atom. The zero-order chi connectivity index (χ0) is 13.8. The van der Waals surface area contributed by atoms with E-state index in [9.17, 15) is 13.9 Å². The Labute approximate surface area is 107 Å². The number of rotatable bonds is 6. The van der Waals surface area contributed by atoms with E-state index in [1.807, 2.05) is 20.8 Å². The van der Waals surface area contributed by atoms with E-state index in [0.717, 1.165) is 25.0 Å². The van der Waals surface area contributed by atoms with Gasteiger partial charge in [0.2, 0.25) is 0 Å². The van der Waals surface area contributed by atoms with Gasteiger partial charge in [0.25, 0.3) is 0 Å². The van der Waals surface area contributed by atoms with E-state index < -0.39 is 17.7 Å². The van der Waals surface area contributed by atoms with Crippen molar-refractivity contribution in [2.24, 2.45) is 0 Å². The van der Waals surface area contributed by atoms with Crippen molar-refractivity contribution in [2.75, 3.05) is 6.54 Å². The molecule has 2 N–H and O–H groups in total. The molecule has 1 rings (SSSR count). The summed E-state index contributed by atoms with van der Waals surface area (Å²) in [6.07, 6.45) is 0.593. The first-order chi connectivity index (χ1) is 8.43. The van der Waals surface area contributed by atoms with E-state index >= 15 is 0 Å². The first kappa shape index (κ1) is 15.1. The highest BCUT2D eigenvalue weighted by Crippen LogP contribution is 2.21. The minimum Gasteiger partial charge on any atom is -0.387 e. The lowest BCUT2D eigenvalue weighted by atomic mass is 9.95. The third kappa shape index (κ3) is 3.50. The molecule has 0 saturated heterocycles. The van der Waals surface area contributed by atoms with Crippen LogP contribution in [0.15, 0.2) is 18.2 Å². The molecular formula is C14H21F2NO. The average Bonchev–Trinajstić information content (AvgIpc) is 2.36. The lowest BCUT2D eigenvalue weighted by molar-refractivity contribution is 0.147. The van der Waals surface area contributed by atoms with Crippen LogP contribution in [0.1, 0.15) is 45.3 Å². The lowest BCUT2D eigenvalue weighted by Gasteiger charge is -2.29. The summed E-state index contributed by atoms with van der Waals surface area (Å²) in [5, 5.41) is 13.1. The maximum Gasteiger partial charge on any atom is 0.131 e. The standard InChI is InChI=1S/C14H21F2NO/c1-4-14(3,5-2)17-9-12(18)13-10(15)7-6-8-11(13)16/h6-8,12,17-18H,4-5,9H2,1-3H3. The Bertz CT molecular complexity index is 371. The van der Waals surface area contributed by atoms with Crippen LogP contribution in [-0.2, 0) is 0 Å². The Kier molecular flexibility index (Phi) is 5.23. The van der Waals surface area contributed by atoms with Gasteiger partial charge in [-0.3, -0.25) is 0 Å². The molecule has 1 unspecified atom stereocenters. The topological polar surface area (TPSA) is 32.3 Å². The molecule has 0 aliphatic carbocycles. The van der Waals surface area contributed by atoms with Gasteiger partial charge in [-0.25, -0.2) is 8.78 Å². The minimum atomic E-state index is -1.18. The van der Waals surface area contributed by atoms with E-state index in [1.54, 1.807) is 0 Å². The maximum absolute atomic E-state index is 13.5. The van der Waals surface area contributed by atoms with Gasteiger partial charge in [-0.15, -0.1) is 0 Å². The van der Waals surface area contributed by atoms with Crippen molar-refractivity contribution in [3.63, 3.8) is 0 Å². The normalized spacial score (nSPS) is 13.7. The summed E-state index contributed by atoms with van der Waals surface area (Å²) < 4.78 is 26.9. The number of hydrogen-bond acceptors (Lipinski definition) is 2. The third-order valence-corrected chi connectivity index (χ3v) is 3.62. The van der Waals surface area contributed by atoms with Crippen LogP contribution in [0.2, 0.25) is 0 Å². The van der Waals surface area contributed by atoms with Gasteiger partial charge < -0.3 is 10.4 Å². The lowest BCUT2D eigenvalue weighted by Crippen LogP contribution is -2.43. The highest BCUT2D eigenvalue weighted by molar-refractivity contribution is 5.22. The van der Waals surface area contributed by atoms with Crippen LogP contribution in [0.25, 0.3) is 0 Å². The van der Waals surface area contributed by atoms with Gasteiger partial charge in [0, 0.05) is 12.1 Å². The van der Waals surface area contributed by atoms with Crippen molar-refractivity contribution in [2.45, 2.75) is 45.3 Å². The third-order valence-electron chi connectivity index (χ3n) is 3.62. The van der Waals surface area contributed by atoms with Crippen molar-refractivity contribution in [1.82, 2.24) is 5.32 Å². The Hall–Kier alpha value is -1.00. The van der Waals surface area contributed by atoms with Crippen LogP contribution in [-0.4, -0.2) is 17.2 Å². The molecule has 0 bridgehead atoms. The summed E-state index contributed by atoms with van der Waals surface area (Å²) in [5.41, 5.74) is -0.387. The number of benzene rings is 1. The molecule has 102 valence electrons. The number of hydrogen-bond donors (Lipinski definition) is 2. The van der Waals surface area contributed by atoms with E-state index in [2.05, 4.69) is 5.32 Å². The first-order valence-electron chi connectivity index (χ1n) is 6.30. The fourth-order valence-electron chi connectivity index (χ4n) is 1.77. The molecule has 0 aliphatic rings. The number of halogens is 2. The van der Waals surface area contributed by atoms with Gasteiger partial charge >= 0.3 is 0 Å². The van der Waals surface area contributed by atoms with Crippen molar-refractivity contribution >= 4 is 0 Å². The van der Waals surface area contributed by atoms with Crippen LogP contribution in [0.5, 0.6) is 0 Å². The van der Waals surface area contributed by atoms with Crippen LogP contribution in [0, 0.1) is 11.6 Å². The van der Waals surface area contributed by atoms with Crippen molar-refractivity contribution in [3.05, 3.63) is 35.4 Å². The van der Waals surface area contributed by atoms with Crippen LogP contribution < -0.4 is 5.32 Å². The first-order valence-corrected chi connectivity index (χ1v) is 6.30. The predicted molar refractivity (Wildman–Crippen MR) is 68.3 cm³/mol. The van der Waals surface area contributed by atoms with Crippen molar-refractivity contribution < 1.29 is 13.9 Å². The molecule has 2 nitrogen and oxygen atoms in total. The second kappa shape index (κ2) is 6.25. The molecular weight excluding hydrogens is 236 g/mol. The van der Waals surface area contributed by atoms with Crippen LogP contribution >= 0.6 is 0 Å². The van der Waals surface area contributed by atoms with Gasteiger partial charge in [-0.2, -0.15) is 0 Å². The Morgan fingerprint density at radius 3 is 2.17 bits per heavy atom. The summed E-state index contributed by atoms with van der Waals surface area (Å²) in [6, 6.07) is 3.59.